The lowest BCUT2D eigenvalue weighted by molar-refractivity contribution is 0.102. The minimum atomic E-state index is -0.156. The zero-order valence-electron chi connectivity index (χ0n) is 21.3. The van der Waals surface area contributed by atoms with E-state index in [0.29, 0.717) is 12.0 Å². The fourth-order valence-electron chi connectivity index (χ4n) is 4.56. The number of fused-ring (bicyclic) bond motifs is 1. The van der Waals surface area contributed by atoms with Crippen LogP contribution in [0.25, 0.3) is 6.08 Å². The maximum absolute atomic E-state index is 12.9. The molecule has 1 aromatic heterocycles. The molecule has 2 unspecified atom stereocenters. The number of pyridine rings is 1. The monoisotopic (exact) mass is 505 g/mol. The first-order valence-electron chi connectivity index (χ1n) is 12.8. The van der Waals surface area contributed by atoms with Gasteiger partial charge in [-0.05, 0) is 60.9 Å². The second kappa shape index (κ2) is 12.2. The highest BCUT2D eigenvalue weighted by molar-refractivity contribution is 6.04. The van der Waals surface area contributed by atoms with Gasteiger partial charge in [0.25, 0.3) is 5.91 Å². The summed E-state index contributed by atoms with van der Waals surface area (Å²) in [5.41, 5.74) is 4.48. The van der Waals surface area contributed by atoms with Crippen LogP contribution in [0.5, 0.6) is 11.5 Å². The van der Waals surface area contributed by atoms with Crippen molar-refractivity contribution >= 4 is 17.7 Å². The molecule has 1 amide bonds. The van der Waals surface area contributed by atoms with Crippen LogP contribution in [0.4, 0.5) is 5.69 Å². The third-order valence-corrected chi connectivity index (χ3v) is 6.64. The van der Waals surface area contributed by atoms with Gasteiger partial charge in [-0.15, -0.1) is 0 Å². The Balaban J connectivity index is 1.32. The van der Waals surface area contributed by atoms with Crippen LogP contribution < -0.4 is 20.1 Å². The van der Waals surface area contributed by atoms with Gasteiger partial charge < -0.3 is 20.1 Å². The van der Waals surface area contributed by atoms with Crippen molar-refractivity contribution in [2.24, 2.45) is 0 Å². The van der Waals surface area contributed by atoms with Crippen molar-refractivity contribution in [3.63, 3.8) is 0 Å². The SMILES string of the molecule is CC(NCC=Cc1ccccc1)C(Cc1cc(C(=O)Nc2ccccc2)ccn1)c1ccc2c(c1)OCO2. The largest absolute Gasteiger partial charge is 0.454 e. The fourth-order valence-corrected chi connectivity index (χ4v) is 4.56. The number of nitrogens with zero attached hydrogens (tertiary/aromatic N) is 1. The molecule has 6 nitrogen and oxygen atoms in total. The van der Waals surface area contributed by atoms with Crippen LogP contribution >= 0.6 is 0 Å². The Bertz CT molecular complexity index is 1390. The molecule has 2 atom stereocenters. The Morgan fingerprint density at radius 1 is 0.947 bits per heavy atom. The van der Waals surface area contributed by atoms with E-state index in [-0.39, 0.29) is 24.7 Å². The number of amides is 1. The van der Waals surface area contributed by atoms with E-state index in [2.05, 4.69) is 59.0 Å². The van der Waals surface area contributed by atoms with Crippen LogP contribution in [0.15, 0.2) is 103 Å². The van der Waals surface area contributed by atoms with E-state index in [1.54, 1.807) is 12.3 Å². The highest BCUT2D eigenvalue weighted by Gasteiger charge is 2.24. The van der Waals surface area contributed by atoms with Crippen molar-refractivity contribution in [1.82, 2.24) is 10.3 Å². The van der Waals surface area contributed by atoms with Gasteiger partial charge in [0.1, 0.15) is 0 Å². The van der Waals surface area contributed by atoms with Crippen LogP contribution in [-0.2, 0) is 6.42 Å². The summed E-state index contributed by atoms with van der Waals surface area (Å²) in [5.74, 6) is 1.45. The molecular weight excluding hydrogens is 474 g/mol. The van der Waals surface area contributed by atoms with Crippen LogP contribution in [0.3, 0.4) is 0 Å². The van der Waals surface area contributed by atoms with Gasteiger partial charge in [-0.1, -0.05) is 66.7 Å². The molecule has 0 saturated carbocycles. The van der Waals surface area contributed by atoms with Gasteiger partial charge in [0.15, 0.2) is 11.5 Å². The molecule has 1 aliphatic heterocycles. The summed E-state index contributed by atoms with van der Waals surface area (Å²) < 4.78 is 11.2. The quantitative estimate of drug-likeness (QED) is 0.273. The van der Waals surface area contributed by atoms with E-state index in [0.717, 1.165) is 35.0 Å². The summed E-state index contributed by atoms with van der Waals surface area (Å²) in [5, 5.41) is 6.60. The summed E-state index contributed by atoms with van der Waals surface area (Å²) >= 11 is 0. The first kappa shape index (κ1) is 25.2. The third kappa shape index (κ3) is 6.47. The van der Waals surface area contributed by atoms with Gasteiger partial charge in [0.2, 0.25) is 6.79 Å². The molecule has 0 radical (unpaired) electrons. The number of hydrogen-bond donors (Lipinski definition) is 2. The van der Waals surface area contributed by atoms with Crippen molar-refractivity contribution in [2.45, 2.75) is 25.3 Å². The second-order valence-corrected chi connectivity index (χ2v) is 9.29. The number of carbonyl (C=O) groups excluding carboxylic acids is 1. The lowest BCUT2D eigenvalue weighted by atomic mass is 9.87. The molecule has 0 fully saturated rings. The number of ether oxygens (including phenoxy) is 2. The van der Waals surface area contributed by atoms with Crippen LogP contribution in [0, 0.1) is 0 Å². The summed E-state index contributed by atoms with van der Waals surface area (Å²) in [7, 11) is 0. The molecule has 0 spiro atoms. The highest BCUT2D eigenvalue weighted by atomic mass is 16.7. The van der Waals surface area contributed by atoms with Gasteiger partial charge in [-0.2, -0.15) is 0 Å². The van der Waals surface area contributed by atoms with Crippen molar-refractivity contribution < 1.29 is 14.3 Å². The standard InChI is InChI=1S/C32H31N3O3/c1-23(33-17-8-11-24-9-4-2-5-10-24)29(25-14-15-30-31(20-25)38-22-37-30)21-28-19-26(16-18-34-28)32(36)35-27-12-6-3-7-13-27/h2-16,18-20,23,29,33H,17,21-22H2,1H3,(H,35,36). The van der Waals surface area contributed by atoms with Crippen LogP contribution in [0.1, 0.15) is 40.0 Å². The van der Waals surface area contributed by atoms with Gasteiger partial charge >= 0.3 is 0 Å². The lowest BCUT2D eigenvalue weighted by Crippen LogP contribution is -2.33. The first-order valence-corrected chi connectivity index (χ1v) is 12.8. The molecule has 2 heterocycles. The van der Waals surface area contributed by atoms with Crippen LogP contribution in [-0.4, -0.2) is 30.3 Å². The van der Waals surface area contributed by atoms with Gasteiger partial charge in [-0.3, -0.25) is 9.78 Å². The number of aromatic nitrogens is 1. The maximum Gasteiger partial charge on any atom is 0.255 e. The number of anilines is 1. The maximum atomic E-state index is 12.9. The predicted molar refractivity (Wildman–Crippen MR) is 151 cm³/mol. The van der Waals surface area contributed by atoms with E-state index in [1.165, 1.54) is 5.56 Å². The summed E-state index contributed by atoms with van der Waals surface area (Å²) in [6.07, 6.45) is 6.61. The minimum Gasteiger partial charge on any atom is -0.454 e. The zero-order valence-corrected chi connectivity index (χ0v) is 21.3. The van der Waals surface area contributed by atoms with Gasteiger partial charge in [0.05, 0.1) is 0 Å². The molecule has 38 heavy (non-hydrogen) atoms. The van der Waals surface area contributed by atoms with E-state index in [9.17, 15) is 4.79 Å². The summed E-state index contributed by atoms with van der Waals surface area (Å²) in [6.45, 7) is 3.14. The molecule has 2 N–H and O–H groups in total. The Morgan fingerprint density at radius 2 is 1.71 bits per heavy atom. The molecule has 0 aliphatic carbocycles. The molecular formula is C32H31N3O3. The lowest BCUT2D eigenvalue weighted by Gasteiger charge is -2.25. The van der Waals surface area contributed by atoms with E-state index in [1.807, 2.05) is 60.7 Å². The number of benzene rings is 3. The second-order valence-electron chi connectivity index (χ2n) is 9.29. The van der Waals surface area contributed by atoms with Crippen molar-refractivity contribution in [1.29, 1.82) is 0 Å². The van der Waals surface area contributed by atoms with E-state index < -0.39 is 0 Å². The smallest absolute Gasteiger partial charge is 0.255 e. The molecule has 1 aliphatic rings. The van der Waals surface area contributed by atoms with E-state index >= 15 is 0 Å². The minimum absolute atomic E-state index is 0.0922. The molecule has 3 aromatic carbocycles. The van der Waals surface area contributed by atoms with Crippen molar-refractivity contribution in [2.75, 3.05) is 18.7 Å². The molecule has 0 bridgehead atoms. The zero-order chi connectivity index (χ0) is 26.2. The normalized spacial score (nSPS) is 13.8. The Hall–Kier alpha value is -4.42. The Morgan fingerprint density at radius 3 is 2.53 bits per heavy atom. The number of para-hydroxylation sites is 1. The third-order valence-electron chi connectivity index (χ3n) is 6.64. The summed E-state index contributed by atoms with van der Waals surface area (Å²) in [4.78, 5) is 17.5. The van der Waals surface area contributed by atoms with Crippen molar-refractivity contribution in [3.8, 4) is 11.5 Å². The fraction of sp³-hybridized carbons (Fsp3) is 0.188. The number of carbonyl (C=O) groups is 1. The first-order chi connectivity index (χ1) is 18.7. The van der Waals surface area contributed by atoms with Gasteiger partial charge in [0, 0.05) is 41.6 Å². The predicted octanol–water partition coefficient (Wildman–Crippen LogP) is 6.08. The van der Waals surface area contributed by atoms with Crippen LogP contribution in [0.2, 0.25) is 0 Å². The average Bonchev–Trinajstić information content (AvgIpc) is 3.43. The number of hydrogen-bond acceptors (Lipinski definition) is 5. The van der Waals surface area contributed by atoms with E-state index in [4.69, 9.17) is 9.47 Å². The number of rotatable bonds is 10. The molecule has 0 saturated heterocycles. The molecule has 6 heteroatoms. The van der Waals surface area contributed by atoms with Gasteiger partial charge in [-0.25, -0.2) is 0 Å². The highest BCUT2D eigenvalue weighted by Crippen LogP contribution is 2.36. The molecule has 4 aromatic rings. The Kier molecular flexibility index (Phi) is 8.11. The molecule has 5 rings (SSSR count). The molecule has 192 valence electrons. The van der Waals surface area contributed by atoms with Crippen molar-refractivity contribution in [3.05, 3.63) is 126 Å². The average molecular weight is 506 g/mol. The summed E-state index contributed by atoms with van der Waals surface area (Å²) in [6, 6.07) is 29.6. The number of nitrogens with one attached hydrogen (secondary N) is 2. The Labute approximate surface area is 223 Å². The topological polar surface area (TPSA) is 72.5 Å².